The molecule has 1 aromatic rings. The molecule has 3 rings (SSSR count). The van der Waals surface area contributed by atoms with E-state index in [0.29, 0.717) is 6.04 Å². The topological polar surface area (TPSA) is 29.1 Å². The van der Waals surface area contributed by atoms with E-state index in [9.17, 15) is 4.79 Å². The summed E-state index contributed by atoms with van der Waals surface area (Å²) in [5, 5.41) is 3.17. The van der Waals surface area contributed by atoms with Gasteiger partial charge in [0.2, 0.25) is 5.91 Å². The molecule has 2 bridgehead atoms. The van der Waals surface area contributed by atoms with Crippen molar-refractivity contribution < 1.29 is 4.79 Å². The van der Waals surface area contributed by atoms with Crippen LogP contribution in [0, 0.1) is 18.8 Å². The molecule has 2 saturated carbocycles. The molecule has 0 heterocycles. The number of carbonyl (C=O) groups excluding carboxylic acids is 1. The highest BCUT2D eigenvalue weighted by atomic mass is 16.1. The van der Waals surface area contributed by atoms with E-state index in [4.69, 9.17) is 0 Å². The van der Waals surface area contributed by atoms with Gasteiger partial charge in [-0.3, -0.25) is 4.79 Å². The number of carbonyl (C=O) groups is 1. The van der Waals surface area contributed by atoms with Gasteiger partial charge in [-0.15, -0.1) is 0 Å². The summed E-state index contributed by atoms with van der Waals surface area (Å²) in [5.41, 5.74) is 2.32. The Labute approximate surface area is 114 Å². The average molecular weight is 255 g/mol. The lowest BCUT2D eigenvalue weighted by Gasteiger charge is -2.22. The summed E-state index contributed by atoms with van der Waals surface area (Å²) in [7, 11) is 0. The minimum atomic E-state index is 0.0538. The second-order valence-electron chi connectivity index (χ2n) is 6.03. The van der Waals surface area contributed by atoms with Crippen molar-refractivity contribution in [3.8, 4) is 0 Å². The number of aryl methyl sites for hydroxylation is 1. The van der Waals surface area contributed by atoms with Gasteiger partial charge < -0.3 is 5.32 Å². The molecule has 1 N–H and O–H groups in total. The van der Waals surface area contributed by atoms with E-state index in [2.05, 4.69) is 24.4 Å². The van der Waals surface area contributed by atoms with Crippen LogP contribution in [0.5, 0.6) is 0 Å². The predicted molar refractivity (Wildman–Crippen MR) is 77.6 cm³/mol. The molecule has 0 aliphatic heterocycles. The summed E-state index contributed by atoms with van der Waals surface area (Å²) in [6, 6.07) is 8.63. The first-order chi connectivity index (χ1) is 9.20. The Bertz CT molecular complexity index is 488. The summed E-state index contributed by atoms with van der Waals surface area (Å²) in [5.74, 6) is 1.66. The Kier molecular flexibility index (Phi) is 3.41. The fraction of sp³-hybridized carbons (Fsp3) is 0.471. The minimum absolute atomic E-state index is 0.0538. The molecule has 1 aromatic carbocycles. The highest BCUT2D eigenvalue weighted by molar-refractivity contribution is 5.91. The van der Waals surface area contributed by atoms with Gasteiger partial charge in [-0.05, 0) is 49.7 Å². The Hall–Kier alpha value is -1.57. The van der Waals surface area contributed by atoms with Crippen molar-refractivity contribution in [1.82, 2.24) is 5.32 Å². The van der Waals surface area contributed by atoms with Crippen LogP contribution in [0.25, 0.3) is 6.08 Å². The zero-order chi connectivity index (χ0) is 13.2. The molecule has 0 radical (unpaired) electrons. The summed E-state index contributed by atoms with van der Waals surface area (Å²) in [4.78, 5) is 11.9. The van der Waals surface area contributed by atoms with E-state index in [1.807, 2.05) is 18.2 Å². The molecule has 1 amide bonds. The SMILES string of the molecule is Cc1ccc(/C=C/C(=O)N[C@H]2C[C@H]3CC[C@H]2C3)cc1. The molecule has 2 nitrogen and oxygen atoms in total. The Balaban J connectivity index is 1.55. The number of fused-ring (bicyclic) bond motifs is 2. The maximum absolute atomic E-state index is 11.9. The lowest BCUT2D eigenvalue weighted by atomic mass is 9.95. The predicted octanol–water partition coefficient (Wildman–Crippen LogP) is 3.31. The summed E-state index contributed by atoms with van der Waals surface area (Å²) in [6.07, 6.45) is 8.74. The number of benzene rings is 1. The molecule has 2 aliphatic carbocycles. The molecule has 0 spiro atoms. The molecule has 2 aliphatic rings. The smallest absolute Gasteiger partial charge is 0.244 e. The van der Waals surface area contributed by atoms with Crippen molar-refractivity contribution in [2.75, 3.05) is 0 Å². The van der Waals surface area contributed by atoms with Crippen LogP contribution in [0.2, 0.25) is 0 Å². The van der Waals surface area contributed by atoms with Gasteiger partial charge in [-0.2, -0.15) is 0 Å². The first-order valence-corrected chi connectivity index (χ1v) is 7.26. The molecule has 0 aromatic heterocycles. The van der Waals surface area contributed by atoms with Crippen LogP contribution >= 0.6 is 0 Å². The zero-order valence-electron chi connectivity index (χ0n) is 11.4. The van der Waals surface area contributed by atoms with E-state index < -0.39 is 0 Å². The molecule has 19 heavy (non-hydrogen) atoms. The van der Waals surface area contributed by atoms with Gasteiger partial charge in [0.05, 0.1) is 0 Å². The second kappa shape index (κ2) is 5.20. The van der Waals surface area contributed by atoms with E-state index in [1.165, 1.54) is 31.2 Å². The maximum atomic E-state index is 11.9. The van der Waals surface area contributed by atoms with Crippen molar-refractivity contribution in [2.24, 2.45) is 11.8 Å². The van der Waals surface area contributed by atoms with Crippen molar-refractivity contribution in [3.05, 3.63) is 41.5 Å². The van der Waals surface area contributed by atoms with Crippen LogP contribution in [0.4, 0.5) is 0 Å². The van der Waals surface area contributed by atoms with Crippen molar-refractivity contribution in [1.29, 1.82) is 0 Å². The first kappa shape index (κ1) is 12.5. The first-order valence-electron chi connectivity index (χ1n) is 7.26. The zero-order valence-corrected chi connectivity index (χ0v) is 11.4. The Morgan fingerprint density at radius 3 is 2.63 bits per heavy atom. The van der Waals surface area contributed by atoms with Gasteiger partial charge >= 0.3 is 0 Å². The Morgan fingerprint density at radius 2 is 2.00 bits per heavy atom. The molecular formula is C17H21NO. The third-order valence-electron chi connectivity index (χ3n) is 4.57. The van der Waals surface area contributed by atoms with Crippen LogP contribution in [-0.4, -0.2) is 11.9 Å². The lowest BCUT2D eigenvalue weighted by Crippen LogP contribution is -2.37. The third kappa shape index (κ3) is 2.89. The van der Waals surface area contributed by atoms with Crippen molar-refractivity contribution in [2.45, 2.75) is 38.6 Å². The molecule has 2 heteroatoms. The fourth-order valence-electron chi connectivity index (χ4n) is 3.50. The van der Waals surface area contributed by atoms with E-state index in [-0.39, 0.29) is 5.91 Å². The van der Waals surface area contributed by atoms with Crippen molar-refractivity contribution >= 4 is 12.0 Å². The summed E-state index contributed by atoms with van der Waals surface area (Å²) >= 11 is 0. The van der Waals surface area contributed by atoms with Gasteiger partial charge in [0, 0.05) is 12.1 Å². The normalized spacial score (nSPS) is 29.0. The maximum Gasteiger partial charge on any atom is 0.244 e. The van der Waals surface area contributed by atoms with Crippen LogP contribution in [0.1, 0.15) is 36.8 Å². The van der Waals surface area contributed by atoms with Crippen LogP contribution < -0.4 is 5.32 Å². The molecule has 0 saturated heterocycles. The molecular weight excluding hydrogens is 234 g/mol. The van der Waals surface area contributed by atoms with Gasteiger partial charge in [-0.25, -0.2) is 0 Å². The van der Waals surface area contributed by atoms with Crippen molar-refractivity contribution in [3.63, 3.8) is 0 Å². The fourth-order valence-corrected chi connectivity index (χ4v) is 3.50. The number of hydrogen-bond acceptors (Lipinski definition) is 1. The highest BCUT2D eigenvalue weighted by Crippen LogP contribution is 2.44. The minimum Gasteiger partial charge on any atom is -0.350 e. The third-order valence-corrected chi connectivity index (χ3v) is 4.57. The number of rotatable bonds is 3. The standard InChI is InChI=1S/C17H21NO/c1-12-2-4-13(5-3-12)7-9-17(19)18-16-11-14-6-8-15(16)10-14/h2-5,7,9,14-16H,6,8,10-11H2,1H3,(H,18,19)/b9-7+/t14-,15-,16-/m0/s1. The molecule has 2 fully saturated rings. The van der Waals surface area contributed by atoms with E-state index >= 15 is 0 Å². The quantitative estimate of drug-likeness (QED) is 0.825. The van der Waals surface area contributed by atoms with Crippen LogP contribution in [-0.2, 0) is 4.79 Å². The van der Waals surface area contributed by atoms with Crippen LogP contribution in [0.15, 0.2) is 30.3 Å². The highest BCUT2D eigenvalue weighted by Gasteiger charge is 2.39. The molecule has 100 valence electrons. The van der Waals surface area contributed by atoms with Crippen LogP contribution in [0.3, 0.4) is 0 Å². The lowest BCUT2D eigenvalue weighted by molar-refractivity contribution is -0.117. The number of hydrogen-bond donors (Lipinski definition) is 1. The van der Waals surface area contributed by atoms with Gasteiger partial charge in [-0.1, -0.05) is 36.2 Å². The largest absolute Gasteiger partial charge is 0.350 e. The van der Waals surface area contributed by atoms with E-state index in [0.717, 1.165) is 17.4 Å². The van der Waals surface area contributed by atoms with E-state index in [1.54, 1.807) is 6.08 Å². The van der Waals surface area contributed by atoms with Gasteiger partial charge in [0.15, 0.2) is 0 Å². The van der Waals surface area contributed by atoms with Gasteiger partial charge in [0.1, 0.15) is 0 Å². The van der Waals surface area contributed by atoms with Gasteiger partial charge in [0.25, 0.3) is 0 Å². The number of nitrogens with one attached hydrogen (secondary N) is 1. The monoisotopic (exact) mass is 255 g/mol. The molecule has 0 unspecified atom stereocenters. The summed E-state index contributed by atoms with van der Waals surface area (Å²) < 4.78 is 0. The number of amides is 1. The Morgan fingerprint density at radius 1 is 1.21 bits per heavy atom. The second-order valence-corrected chi connectivity index (χ2v) is 6.03. The molecule has 3 atom stereocenters. The average Bonchev–Trinajstić information content (AvgIpc) is 3.00. The summed E-state index contributed by atoms with van der Waals surface area (Å²) in [6.45, 7) is 2.06.